The number of anilines is 1. The first-order chi connectivity index (χ1) is 8.58. The number of amides is 1. The Bertz CT molecular complexity index is 448. The minimum atomic E-state index is -0.0948. The van der Waals surface area contributed by atoms with Crippen molar-refractivity contribution < 1.29 is 14.6 Å². The van der Waals surface area contributed by atoms with Crippen molar-refractivity contribution in [2.24, 2.45) is 0 Å². The minimum Gasteiger partial charge on any atom is -0.506 e. The third-order valence-corrected chi connectivity index (χ3v) is 3.02. The van der Waals surface area contributed by atoms with Crippen molar-refractivity contribution in [2.45, 2.75) is 19.4 Å². The Kier molecular flexibility index (Phi) is 3.72. The molecule has 0 bridgehead atoms. The van der Waals surface area contributed by atoms with Crippen LogP contribution in [0.2, 0.25) is 0 Å². The molecule has 0 aliphatic carbocycles. The molecule has 0 radical (unpaired) electrons. The molecule has 98 valence electrons. The lowest BCUT2D eigenvalue weighted by Crippen LogP contribution is -2.35. The number of carbonyl (C=O) groups excluding carboxylic acids is 1. The first-order valence-corrected chi connectivity index (χ1v) is 6.07. The number of benzene rings is 1. The van der Waals surface area contributed by atoms with Gasteiger partial charge >= 0.3 is 0 Å². The molecule has 1 heterocycles. The van der Waals surface area contributed by atoms with Crippen LogP contribution in [-0.4, -0.2) is 41.7 Å². The van der Waals surface area contributed by atoms with Crippen LogP contribution in [0.1, 0.15) is 23.7 Å². The third kappa shape index (κ3) is 2.73. The van der Waals surface area contributed by atoms with Crippen molar-refractivity contribution in [3.8, 4) is 5.75 Å². The van der Waals surface area contributed by atoms with Crippen LogP contribution in [0.15, 0.2) is 18.2 Å². The van der Waals surface area contributed by atoms with Crippen LogP contribution in [0.3, 0.4) is 0 Å². The molecule has 0 aromatic heterocycles. The van der Waals surface area contributed by atoms with E-state index in [-0.39, 0.29) is 23.4 Å². The zero-order valence-electron chi connectivity index (χ0n) is 10.4. The van der Waals surface area contributed by atoms with Crippen LogP contribution in [0.25, 0.3) is 0 Å². The molecule has 1 aliphatic heterocycles. The minimum absolute atomic E-state index is 0.0406. The van der Waals surface area contributed by atoms with Gasteiger partial charge in [-0.3, -0.25) is 4.79 Å². The molecule has 1 aliphatic rings. The molecule has 3 N–H and O–H groups in total. The molecule has 1 unspecified atom stereocenters. The zero-order chi connectivity index (χ0) is 13.1. The predicted molar refractivity (Wildman–Crippen MR) is 68.5 cm³/mol. The first kappa shape index (κ1) is 12.7. The van der Waals surface area contributed by atoms with Crippen LogP contribution in [0.5, 0.6) is 5.75 Å². The summed E-state index contributed by atoms with van der Waals surface area (Å²) in [5.41, 5.74) is 6.25. The molecule has 0 saturated carbocycles. The Morgan fingerprint density at radius 2 is 2.33 bits per heavy atom. The fourth-order valence-corrected chi connectivity index (χ4v) is 2.04. The number of hydrogen-bond donors (Lipinski definition) is 2. The summed E-state index contributed by atoms with van der Waals surface area (Å²) in [6.45, 7) is 3.88. The molecule has 1 aromatic carbocycles. The predicted octanol–water partition coefficient (Wildman–Crippen LogP) is 1.23. The molecular formula is C13H18N2O3. The smallest absolute Gasteiger partial charge is 0.254 e. The number of phenolic OH excluding ortho intramolecular Hbond substituents is 1. The molecular weight excluding hydrogens is 232 g/mol. The Morgan fingerprint density at radius 3 is 3.06 bits per heavy atom. The van der Waals surface area contributed by atoms with Gasteiger partial charge in [0.2, 0.25) is 0 Å². The second-order valence-electron chi connectivity index (χ2n) is 4.56. The molecule has 1 fully saturated rings. The standard InChI is InChI=1S/C13H18N2O3/c1-9-8-15(5-2-6-18-9)13(17)10-3-4-11(14)12(16)7-10/h3-4,7,9,16H,2,5-6,8,14H2,1H3. The van der Waals surface area contributed by atoms with Crippen LogP contribution in [0.4, 0.5) is 5.69 Å². The van der Waals surface area contributed by atoms with E-state index in [4.69, 9.17) is 10.5 Å². The number of nitrogens with two attached hydrogens (primary N) is 1. The van der Waals surface area contributed by atoms with E-state index in [1.54, 1.807) is 17.0 Å². The summed E-state index contributed by atoms with van der Waals surface area (Å²) < 4.78 is 5.50. The molecule has 5 heteroatoms. The van der Waals surface area contributed by atoms with Crippen molar-refractivity contribution >= 4 is 11.6 Å². The molecule has 5 nitrogen and oxygen atoms in total. The number of aromatic hydroxyl groups is 1. The van der Waals surface area contributed by atoms with Gasteiger partial charge in [0, 0.05) is 25.3 Å². The first-order valence-electron chi connectivity index (χ1n) is 6.07. The van der Waals surface area contributed by atoms with E-state index < -0.39 is 0 Å². The average Bonchev–Trinajstić information content (AvgIpc) is 2.56. The molecule has 1 aromatic rings. The van der Waals surface area contributed by atoms with Gasteiger partial charge in [0.15, 0.2) is 0 Å². The SMILES string of the molecule is CC1CN(C(=O)c2ccc(N)c(O)c2)CCCO1. The second kappa shape index (κ2) is 5.27. The molecule has 0 spiro atoms. The van der Waals surface area contributed by atoms with Gasteiger partial charge in [0.05, 0.1) is 11.8 Å². The van der Waals surface area contributed by atoms with Crippen molar-refractivity contribution in [3.63, 3.8) is 0 Å². The summed E-state index contributed by atoms with van der Waals surface area (Å²) in [6, 6.07) is 4.59. The number of phenols is 1. The fourth-order valence-electron chi connectivity index (χ4n) is 2.04. The molecule has 1 atom stereocenters. The second-order valence-corrected chi connectivity index (χ2v) is 4.56. The van der Waals surface area contributed by atoms with Gasteiger partial charge in [-0.1, -0.05) is 0 Å². The molecule has 1 amide bonds. The summed E-state index contributed by atoms with van der Waals surface area (Å²) in [4.78, 5) is 14.0. The van der Waals surface area contributed by atoms with Crippen LogP contribution >= 0.6 is 0 Å². The maximum atomic E-state index is 12.3. The highest BCUT2D eigenvalue weighted by Crippen LogP contribution is 2.22. The maximum absolute atomic E-state index is 12.3. The number of rotatable bonds is 1. The van der Waals surface area contributed by atoms with E-state index in [1.165, 1.54) is 6.07 Å². The highest BCUT2D eigenvalue weighted by atomic mass is 16.5. The maximum Gasteiger partial charge on any atom is 0.254 e. The highest BCUT2D eigenvalue weighted by molar-refractivity contribution is 5.95. The summed E-state index contributed by atoms with van der Waals surface area (Å²) in [5, 5.41) is 9.53. The number of carbonyl (C=O) groups is 1. The van der Waals surface area contributed by atoms with Crippen molar-refractivity contribution in [2.75, 3.05) is 25.4 Å². The van der Waals surface area contributed by atoms with Gasteiger partial charge < -0.3 is 20.5 Å². The van der Waals surface area contributed by atoms with Crippen molar-refractivity contribution in [1.82, 2.24) is 4.90 Å². The Morgan fingerprint density at radius 1 is 1.56 bits per heavy atom. The van der Waals surface area contributed by atoms with Crippen LogP contribution in [0, 0.1) is 0 Å². The molecule has 18 heavy (non-hydrogen) atoms. The average molecular weight is 250 g/mol. The number of ether oxygens (including phenoxy) is 1. The number of nitrogen functional groups attached to an aromatic ring is 1. The van der Waals surface area contributed by atoms with Gasteiger partial charge in [0.1, 0.15) is 5.75 Å². The van der Waals surface area contributed by atoms with E-state index in [1.807, 2.05) is 6.92 Å². The highest BCUT2D eigenvalue weighted by Gasteiger charge is 2.21. The lowest BCUT2D eigenvalue weighted by molar-refractivity contribution is 0.0562. The molecule has 1 saturated heterocycles. The van der Waals surface area contributed by atoms with Crippen LogP contribution < -0.4 is 5.73 Å². The number of nitrogens with zero attached hydrogens (tertiary/aromatic N) is 1. The Hall–Kier alpha value is -1.75. The van der Waals surface area contributed by atoms with E-state index in [2.05, 4.69) is 0 Å². The number of hydrogen-bond acceptors (Lipinski definition) is 4. The quantitative estimate of drug-likeness (QED) is 0.580. The van der Waals surface area contributed by atoms with Gasteiger partial charge in [-0.25, -0.2) is 0 Å². The lowest BCUT2D eigenvalue weighted by atomic mass is 10.1. The largest absolute Gasteiger partial charge is 0.506 e. The Balaban J connectivity index is 2.16. The van der Waals surface area contributed by atoms with E-state index in [0.717, 1.165) is 6.42 Å². The van der Waals surface area contributed by atoms with Gasteiger partial charge in [-0.2, -0.15) is 0 Å². The van der Waals surface area contributed by atoms with E-state index in [9.17, 15) is 9.90 Å². The van der Waals surface area contributed by atoms with E-state index >= 15 is 0 Å². The Labute approximate surface area is 106 Å². The summed E-state index contributed by atoms with van der Waals surface area (Å²) in [6.07, 6.45) is 0.871. The van der Waals surface area contributed by atoms with Gasteiger partial charge in [-0.05, 0) is 31.5 Å². The van der Waals surface area contributed by atoms with E-state index in [0.29, 0.717) is 25.3 Å². The normalized spacial score (nSPS) is 20.5. The monoisotopic (exact) mass is 250 g/mol. The van der Waals surface area contributed by atoms with Crippen molar-refractivity contribution in [3.05, 3.63) is 23.8 Å². The third-order valence-electron chi connectivity index (χ3n) is 3.02. The van der Waals surface area contributed by atoms with Gasteiger partial charge in [0.25, 0.3) is 5.91 Å². The lowest BCUT2D eigenvalue weighted by Gasteiger charge is -2.22. The topological polar surface area (TPSA) is 75.8 Å². The summed E-state index contributed by atoms with van der Waals surface area (Å²) in [7, 11) is 0. The fraction of sp³-hybridized carbons (Fsp3) is 0.462. The van der Waals surface area contributed by atoms with Crippen molar-refractivity contribution in [1.29, 1.82) is 0 Å². The zero-order valence-corrected chi connectivity index (χ0v) is 10.4. The summed E-state index contributed by atoms with van der Waals surface area (Å²) in [5.74, 6) is -0.150. The van der Waals surface area contributed by atoms with Crippen LogP contribution in [-0.2, 0) is 4.74 Å². The molecule has 2 rings (SSSR count). The van der Waals surface area contributed by atoms with Gasteiger partial charge in [-0.15, -0.1) is 0 Å². The summed E-state index contributed by atoms with van der Waals surface area (Å²) >= 11 is 0.